The van der Waals surface area contributed by atoms with Crippen LogP contribution in [0.3, 0.4) is 0 Å². The van der Waals surface area contributed by atoms with E-state index in [1.807, 2.05) is 17.0 Å². The van der Waals surface area contributed by atoms with Gasteiger partial charge in [-0.3, -0.25) is 4.79 Å². The summed E-state index contributed by atoms with van der Waals surface area (Å²) in [5.74, 6) is 0.127. The number of anilines is 1. The van der Waals surface area contributed by atoms with Crippen molar-refractivity contribution in [2.75, 3.05) is 12.3 Å². The lowest BCUT2D eigenvalue weighted by Crippen LogP contribution is -2.34. The second kappa shape index (κ2) is 3.85. The average Bonchev–Trinajstić information content (AvgIpc) is 2.23. The summed E-state index contributed by atoms with van der Waals surface area (Å²) in [6.07, 6.45) is 0.847. The Morgan fingerprint density at radius 1 is 1.53 bits per heavy atom. The molecule has 1 heterocycles. The van der Waals surface area contributed by atoms with Crippen LogP contribution in [0.15, 0.2) is 16.6 Å². The van der Waals surface area contributed by atoms with Gasteiger partial charge in [0.05, 0.1) is 0 Å². The van der Waals surface area contributed by atoms with Crippen LogP contribution in [0.5, 0.6) is 0 Å². The fourth-order valence-electron chi connectivity index (χ4n) is 1.92. The first-order chi connectivity index (χ1) is 7.09. The largest absolute Gasteiger partial charge is 0.398 e. The lowest BCUT2D eigenvalue weighted by Gasteiger charge is -2.29. The number of benzene rings is 1. The first-order valence-corrected chi connectivity index (χ1v) is 5.70. The lowest BCUT2D eigenvalue weighted by molar-refractivity contribution is -0.129. The van der Waals surface area contributed by atoms with Crippen molar-refractivity contribution in [3.63, 3.8) is 0 Å². The minimum absolute atomic E-state index is 0.127. The zero-order valence-electron chi connectivity index (χ0n) is 8.59. The first kappa shape index (κ1) is 10.5. The lowest BCUT2D eigenvalue weighted by atomic mass is 9.98. The number of nitrogens with zero attached hydrogens (tertiary/aromatic N) is 1. The van der Waals surface area contributed by atoms with Crippen molar-refractivity contribution >= 4 is 27.5 Å². The molecule has 0 spiro atoms. The zero-order valence-corrected chi connectivity index (χ0v) is 10.2. The molecule has 1 amide bonds. The van der Waals surface area contributed by atoms with E-state index < -0.39 is 0 Å². The van der Waals surface area contributed by atoms with Gasteiger partial charge in [0, 0.05) is 30.2 Å². The number of nitrogens with two attached hydrogens (primary N) is 1. The molecule has 0 saturated heterocycles. The van der Waals surface area contributed by atoms with Gasteiger partial charge in [0.2, 0.25) is 5.91 Å². The van der Waals surface area contributed by atoms with E-state index in [1.165, 1.54) is 5.56 Å². The summed E-state index contributed by atoms with van der Waals surface area (Å²) in [7, 11) is 0. The minimum Gasteiger partial charge on any atom is -0.398 e. The molecular formula is C11H13BrN2O. The molecule has 0 aliphatic carbocycles. The van der Waals surface area contributed by atoms with E-state index in [-0.39, 0.29) is 5.91 Å². The Kier molecular flexibility index (Phi) is 2.69. The number of amides is 1. The average molecular weight is 269 g/mol. The normalized spacial score (nSPS) is 14.9. The SMILES string of the molecule is CC(=O)N1CCc2c(ccc(Br)c2N)C1. The van der Waals surface area contributed by atoms with Crippen LogP contribution in [0.4, 0.5) is 5.69 Å². The molecule has 1 aromatic rings. The third kappa shape index (κ3) is 1.86. The third-order valence-electron chi connectivity index (χ3n) is 2.84. The fraction of sp³-hybridized carbons (Fsp3) is 0.364. The molecule has 80 valence electrons. The number of hydrogen-bond donors (Lipinski definition) is 1. The molecule has 2 N–H and O–H groups in total. The highest BCUT2D eigenvalue weighted by molar-refractivity contribution is 9.10. The standard InChI is InChI=1S/C11H13BrN2O/c1-7(15)14-5-4-9-8(6-14)2-3-10(12)11(9)13/h2-3H,4-6,13H2,1H3. The highest BCUT2D eigenvalue weighted by Gasteiger charge is 2.20. The van der Waals surface area contributed by atoms with Gasteiger partial charge in [-0.25, -0.2) is 0 Å². The van der Waals surface area contributed by atoms with Gasteiger partial charge >= 0.3 is 0 Å². The maximum absolute atomic E-state index is 11.2. The van der Waals surface area contributed by atoms with E-state index in [0.29, 0.717) is 6.54 Å². The Hall–Kier alpha value is -1.03. The molecule has 15 heavy (non-hydrogen) atoms. The molecule has 2 rings (SSSR count). The van der Waals surface area contributed by atoms with Gasteiger partial charge in [0.1, 0.15) is 0 Å². The molecule has 4 heteroatoms. The molecule has 0 fully saturated rings. The molecule has 1 aliphatic heterocycles. The molecule has 1 aromatic carbocycles. The maximum Gasteiger partial charge on any atom is 0.219 e. The smallest absolute Gasteiger partial charge is 0.219 e. The number of halogens is 1. The zero-order chi connectivity index (χ0) is 11.0. The van der Waals surface area contributed by atoms with Gasteiger partial charge in [-0.05, 0) is 39.5 Å². The Morgan fingerprint density at radius 2 is 2.27 bits per heavy atom. The molecule has 0 atom stereocenters. The highest BCUT2D eigenvalue weighted by Crippen LogP contribution is 2.30. The van der Waals surface area contributed by atoms with Crippen molar-refractivity contribution in [3.05, 3.63) is 27.7 Å². The molecule has 0 radical (unpaired) electrons. The van der Waals surface area contributed by atoms with Crippen molar-refractivity contribution in [2.24, 2.45) is 0 Å². The van der Waals surface area contributed by atoms with Crippen molar-refractivity contribution in [1.82, 2.24) is 4.90 Å². The fourth-order valence-corrected chi connectivity index (χ4v) is 2.30. The predicted octanol–water partition coefficient (Wildman–Crippen LogP) is 1.94. The van der Waals surface area contributed by atoms with E-state index in [1.54, 1.807) is 6.92 Å². The first-order valence-electron chi connectivity index (χ1n) is 4.91. The van der Waals surface area contributed by atoms with Crippen LogP contribution < -0.4 is 5.73 Å². The van der Waals surface area contributed by atoms with Crippen LogP contribution in [0.2, 0.25) is 0 Å². The highest BCUT2D eigenvalue weighted by atomic mass is 79.9. The van der Waals surface area contributed by atoms with Crippen molar-refractivity contribution in [3.8, 4) is 0 Å². The number of carbonyl (C=O) groups is 1. The van der Waals surface area contributed by atoms with E-state index in [0.717, 1.165) is 28.7 Å². The summed E-state index contributed by atoms with van der Waals surface area (Å²) in [5.41, 5.74) is 9.14. The van der Waals surface area contributed by atoms with Crippen LogP contribution in [0.1, 0.15) is 18.1 Å². The second-order valence-electron chi connectivity index (χ2n) is 3.79. The third-order valence-corrected chi connectivity index (χ3v) is 3.53. The van der Waals surface area contributed by atoms with Crippen LogP contribution >= 0.6 is 15.9 Å². The summed E-state index contributed by atoms with van der Waals surface area (Å²) in [4.78, 5) is 13.1. The number of fused-ring (bicyclic) bond motifs is 1. The van der Waals surface area contributed by atoms with E-state index >= 15 is 0 Å². The number of carbonyl (C=O) groups excluding carboxylic acids is 1. The molecule has 3 nitrogen and oxygen atoms in total. The Balaban J connectivity index is 2.36. The van der Waals surface area contributed by atoms with Crippen LogP contribution in [-0.2, 0) is 17.8 Å². The van der Waals surface area contributed by atoms with E-state index in [9.17, 15) is 4.79 Å². The van der Waals surface area contributed by atoms with E-state index in [4.69, 9.17) is 5.73 Å². The van der Waals surface area contributed by atoms with Gasteiger partial charge < -0.3 is 10.6 Å². The van der Waals surface area contributed by atoms with Crippen molar-refractivity contribution in [1.29, 1.82) is 0 Å². The number of rotatable bonds is 0. The Morgan fingerprint density at radius 3 is 2.93 bits per heavy atom. The monoisotopic (exact) mass is 268 g/mol. The van der Waals surface area contributed by atoms with E-state index in [2.05, 4.69) is 15.9 Å². The van der Waals surface area contributed by atoms with Gasteiger partial charge in [0.25, 0.3) is 0 Å². The molecule has 0 unspecified atom stereocenters. The Labute approximate surface area is 97.4 Å². The van der Waals surface area contributed by atoms with Gasteiger partial charge in [0.15, 0.2) is 0 Å². The molecule has 0 bridgehead atoms. The van der Waals surface area contributed by atoms with Crippen molar-refractivity contribution in [2.45, 2.75) is 19.9 Å². The topological polar surface area (TPSA) is 46.3 Å². The summed E-state index contributed by atoms with van der Waals surface area (Å²) >= 11 is 3.41. The van der Waals surface area contributed by atoms with Crippen LogP contribution in [0, 0.1) is 0 Å². The molecule has 0 saturated carbocycles. The van der Waals surface area contributed by atoms with Crippen LogP contribution in [-0.4, -0.2) is 17.4 Å². The number of nitrogen functional groups attached to an aromatic ring is 1. The molecule has 1 aliphatic rings. The molecular weight excluding hydrogens is 256 g/mol. The summed E-state index contributed by atoms with van der Waals surface area (Å²) in [5, 5.41) is 0. The summed E-state index contributed by atoms with van der Waals surface area (Å²) in [6, 6.07) is 3.97. The number of hydrogen-bond acceptors (Lipinski definition) is 2. The Bertz CT molecular complexity index is 417. The quantitative estimate of drug-likeness (QED) is 0.731. The van der Waals surface area contributed by atoms with Gasteiger partial charge in [-0.15, -0.1) is 0 Å². The summed E-state index contributed by atoms with van der Waals surface area (Å²) < 4.78 is 0.942. The minimum atomic E-state index is 0.127. The van der Waals surface area contributed by atoms with Crippen molar-refractivity contribution < 1.29 is 4.79 Å². The van der Waals surface area contributed by atoms with Gasteiger partial charge in [-0.2, -0.15) is 0 Å². The second-order valence-corrected chi connectivity index (χ2v) is 4.64. The molecule has 0 aromatic heterocycles. The maximum atomic E-state index is 11.2. The van der Waals surface area contributed by atoms with Gasteiger partial charge in [-0.1, -0.05) is 6.07 Å². The summed E-state index contributed by atoms with van der Waals surface area (Å²) in [6.45, 7) is 3.05. The van der Waals surface area contributed by atoms with Crippen LogP contribution in [0.25, 0.3) is 0 Å². The predicted molar refractivity (Wildman–Crippen MR) is 63.3 cm³/mol.